The van der Waals surface area contributed by atoms with Gasteiger partial charge in [-0.25, -0.2) is 4.98 Å². The van der Waals surface area contributed by atoms with Gasteiger partial charge >= 0.3 is 0 Å². The number of nitrogens with two attached hydrogens (primary N) is 1. The predicted octanol–water partition coefficient (Wildman–Crippen LogP) is 0.702. The molecule has 0 spiro atoms. The Hall–Kier alpha value is -1.82. The molecule has 1 aliphatic rings. The first-order valence-corrected chi connectivity index (χ1v) is 6.86. The molecular formula is C14H22N4O2. The van der Waals surface area contributed by atoms with Gasteiger partial charge < -0.3 is 20.7 Å². The van der Waals surface area contributed by atoms with Crippen LogP contribution in [0.25, 0.3) is 0 Å². The molecule has 1 fully saturated rings. The van der Waals surface area contributed by atoms with Crippen molar-refractivity contribution in [1.82, 2.24) is 10.3 Å². The molecule has 0 bridgehead atoms. The highest BCUT2D eigenvalue weighted by atomic mass is 16.5. The van der Waals surface area contributed by atoms with Gasteiger partial charge in [-0.3, -0.25) is 4.79 Å². The molecule has 6 heteroatoms. The molecule has 6 nitrogen and oxygen atoms in total. The molecule has 0 aromatic carbocycles. The van der Waals surface area contributed by atoms with Gasteiger partial charge in [0.05, 0.1) is 18.9 Å². The molecule has 1 atom stereocenters. The summed E-state index contributed by atoms with van der Waals surface area (Å²) in [7, 11) is 0. The van der Waals surface area contributed by atoms with E-state index in [1.807, 2.05) is 31.7 Å². The van der Waals surface area contributed by atoms with Crippen molar-refractivity contribution in [1.29, 1.82) is 0 Å². The van der Waals surface area contributed by atoms with Gasteiger partial charge in [-0.1, -0.05) is 0 Å². The zero-order valence-corrected chi connectivity index (χ0v) is 12.2. The van der Waals surface area contributed by atoms with E-state index in [-0.39, 0.29) is 18.0 Å². The number of amides is 1. The maximum atomic E-state index is 12.3. The molecule has 3 N–H and O–H groups in total. The maximum Gasteiger partial charge on any atom is 0.245 e. The second kappa shape index (κ2) is 6.09. The molecule has 1 unspecified atom stereocenters. The first-order valence-electron chi connectivity index (χ1n) is 6.86. The second-order valence-corrected chi connectivity index (χ2v) is 5.37. The molecule has 0 saturated carbocycles. The summed E-state index contributed by atoms with van der Waals surface area (Å²) in [5.74, 6) is 0.601. The van der Waals surface area contributed by atoms with Gasteiger partial charge in [0, 0.05) is 18.8 Å². The van der Waals surface area contributed by atoms with E-state index in [1.54, 1.807) is 6.20 Å². The van der Waals surface area contributed by atoms with E-state index in [0.717, 1.165) is 5.56 Å². The number of hydrogen-bond donors (Lipinski definition) is 2. The predicted molar refractivity (Wildman–Crippen MR) is 78.6 cm³/mol. The van der Waals surface area contributed by atoms with Crippen molar-refractivity contribution in [3.05, 3.63) is 17.8 Å². The molecule has 1 aliphatic heterocycles. The quantitative estimate of drug-likeness (QED) is 0.851. The smallest absolute Gasteiger partial charge is 0.245 e. The highest BCUT2D eigenvalue weighted by molar-refractivity contribution is 5.86. The van der Waals surface area contributed by atoms with E-state index < -0.39 is 0 Å². The fourth-order valence-electron chi connectivity index (χ4n) is 2.28. The number of rotatable bonds is 3. The van der Waals surface area contributed by atoms with Crippen molar-refractivity contribution in [2.75, 3.05) is 30.4 Å². The number of morpholine rings is 1. The number of aromatic nitrogens is 1. The summed E-state index contributed by atoms with van der Waals surface area (Å²) in [5, 5.41) is 2.91. The Bertz CT molecular complexity index is 490. The lowest BCUT2D eigenvalue weighted by atomic mass is 10.1. The van der Waals surface area contributed by atoms with E-state index in [0.29, 0.717) is 31.3 Å². The number of ether oxygens (including phenoxy) is 1. The van der Waals surface area contributed by atoms with Gasteiger partial charge in [0.25, 0.3) is 0 Å². The van der Waals surface area contributed by atoms with Crippen LogP contribution in [0.1, 0.15) is 19.4 Å². The highest BCUT2D eigenvalue weighted by Gasteiger charge is 2.31. The average molecular weight is 278 g/mol. The normalized spacial score (nSPS) is 19.2. The zero-order valence-electron chi connectivity index (χ0n) is 12.2. The number of hydrogen-bond acceptors (Lipinski definition) is 5. The standard InChI is InChI=1S/C14H22N4O2/c1-9(2)17-14(19)12-8-20-5-4-18(12)13-11(15)6-10(3)7-16-13/h6-7,9,12H,4-5,8,15H2,1-3H3,(H,17,19). The number of aryl methyl sites for hydroxylation is 1. The summed E-state index contributed by atoms with van der Waals surface area (Å²) >= 11 is 0. The van der Waals surface area contributed by atoms with Gasteiger partial charge in [0.1, 0.15) is 6.04 Å². The van der Waals surface area contributed by atoms with Crippen molar-refractivity contribution in [3.63, 3.8) is 0 Å². The fourth-order valence-corrected chi connectivity index (χ4v) is 2.28. The number of carbonyl (C=O) groups excluding carboxylic acids is 1. The van der Waals surface area contributed by atoms with Crippen LogP contribution >= 0.6 is 0 Å². The minimum Gasteiger partial charge on any atom is -0.396 e. The van der Waals surface area contributed by atoms with E-state index in [4.69, 9.17) is 10.5 Å². The van der Waals surface area contributed by atoms with E-state index >= 15 is 0 Å². The summed E-state index contributed by atoms with van der Waals surface area (Å²) in [6.45, 7) is 7.34. The minimum absolute atomic E-state index is 0.0542. The van der Waals surface area contributed by atoms with Crippen LogP contribution in [0.3, 0.4) is 0 Å². The third-order valence-corrected chi connectivity index (χ3v) is 3.17. The lowest BCUT2D eigenvalue weighted by Crippen LogP contribution is -2.55. The van der Waals surface area contributed by atoms with Crippen LogP contribution in [0.2, 0.25) is 0 Å². The van der Waals surface area contributed by atoms with Gasteiger partial charge in [0.15, 0.2) is 5.82 Å². The number of nitrogens with zero attached hydrogens (tertiary/aromatic N) is 2. The topological polar surface area (TPSA) is 80.5 Å². The van der Waals surface area contributed by atoms with Crippen molar-refractivity contribution in [3.8, 4) is 0 Å². The second-order valence-electron chi connectivity index (χ2n) is 5.37. The Morgan fingerprint density at radius 1 is 1.60 bits per heavy atom. The number of carbonyl (C=O) groups is 1. The average Bonchev–Trinajstić information content (AvgIpc) is 2.38. The molecule has 1 saturated heterocycles. The Balaban J connectivity index is 2.24. The van der Waals surface area contributed by atoms with Crippen molar-refractivity contribution < 1.29 is 9.53 Å². The van der Waals surface area contributed by atoms with Crippen molar-refractivity contribution in [2.24, 2.45) is 0 Å². The molecule has 1 amide bonds. The van der Waals surface area contributed by atoms with Crippen LogP contribution in [-0.2, 0) is 9.53 Å². The molecule has 2 rings (SSSR count). The zero-order chi connectivity index (χ0) is 14.7. The van der Waals surface area contributed by atoms with Crippen LogP contribution in [0.5, 0.6) is 0 Å². The Labute approximate surface area is 119 Å². The van der Waals surface area contributed by atoms with Crippen LogP contribution in [-0.4, -0.2) is 42.7 Å². The monoisotopic (exact) mass is 278 g/mol. The first-order chi connectivity index (χ1) is 9.49. The Morgan fingerprint density at radius 3 is 3.00 bits per heavy atom. The number of pyridine rings is 1. The molecular weight excluding hydrogens is 256 g/mol. The van der Waals surface area contributed by atoms with Crippen molar-refractivity contribution >= 4 is 17.4 Å². The van der Waals surface area contributed by atoms with Crippen LogP contribution in [0.4, 0.5) is 11.5 Å². The molecule has 0 radical (unpaired) electrons. The van der Waals surface area contributed by atoms with Crippen LogP contribution in [0.15, 0.2) is 12.3 Å². The molecule has 0 aliphatic carbocycles. The van der Waals surface area contributed by atoms with E-state index in [9.17, 15) is 4.79 Å². The molecule has 20 heavy (non-hydrogen) atoms. The maximum absolute atomic E-state index is 12.3. The minimum atomic E-state index is -0.386. The number of anilines is 2. The Kier molecular flexibility index (Phi) is 4.44. The Morgan fingerprint density at radius 2 is 2.35 bits per heavy atom. The first kappa shape index (κ1) is 14.6. The summed E-state index contributed by atoms with van der Waals surface area (Å²) in [6, 6.07) is 1.58. The lowest BCUT2D eigenvalue weighted by molar-refractivity contribution is -0.125. The molecule has 2 heterocycles. The molecule has 110 valence electrons. The van der Waals surface area contributed by atoms with Crippen LogP contribution < -0.4 is 16.0 Å². The number of nitrogen functional groups attached to an aromatic ring is 1. The third-order valence-electron chi connectivity index (χ3n) is 3.17. The van der Waals surface area contributed by atoms with Crippen molar-refractivity contribution in [2.45, 2.75) is 32.9 Å². The number of nitrogens with one attached hydrogen (secondary N) is 1. The van der Waals surface area contributed by atoms with E-state index in [2.05, 4.69) is 10.3 Å². The molecule has 1 aromatic heterocycles. The SMILES string of the molecule is Cc1cnc(N2CCOCC2C(=O)NC(C)C)c(N)c1. The van der Waals surface area contributed by atoms with Gasteiger partial charge in [-0.2, -0.15) is 0 Å². The largest absolute Gasteiger partial charge is 0.396 e. The summed E-state index contributed by atoms with van der Waals surface area (Å²) in [4.78, 5) is 18.6. The van der Waals surface area contributed by atoms with Gasteiger partial charge in [-0.15, -0.1) is 0 Å². The van der Waals surface area contributed by atoms with E-state index in [1.165, 1.54) is 0 Å². The summed E-state index contributed by atoms with van der Waals surface area (Å²) < 4.78 is 5.43. The highest BCUT2D eigenvalue weighted by Crippen LogP contribution is 2.24. The summed E-state index contributed by atoms with van der Waals surface area (Å²) in [6.07, 6.45) is 1.76. The van der Waals surface area contributed by atoms with Gasteiger partial charge in [0.2, 0.25) is 5.91 Å². The fraction of sp³-hybridized carbons (Fsp3) is 0.571. The third kappa shape index (κ3) is 3.19. The van der Waals surface area contributed by atoms with Gasteiger partial charge in [-0.05, 0) is 32.4 Å². The molecule has 1 aromatic rings. The summed E-state index contributed by atoms with van der Waals surface area (Å²) in [5.41, 5.74) is 7.63. The lowest BCUT2D eigenvalue weighted by Gasteiger charge is -2.36. The van der Waals surface area contributed by atoms with Crippen LogP contribution in [0, 0.1) is 6.92 Å².